The molecule has 1 saturated heterocycles. The first-order valence-corrected chi connectivity index (χ1v) is 8.30. The van der Waals surface area contributed by atoms with Gasteiger partial charge in [0.25, 0.3) is 5.91 Å². The summed E-state index contributed by atoms with van der Waals surface area (Å²) in [6, 6.07) is 9.75. The number of amides is 1. The summed E-state index contributed by atoms with van der Waals surface area (Å²) in [5.41, 5.74) is 3.63. The molecular weight excluding hydrogens is 286 g/mol. The fourth-order valence-electron chi connectivity index (χ4n) is 2.89. The van der Waals surface area contributed by atoms with Crippen molar-refractivity contribution in [2.75, 3.05) is 23.3 Å². The summed E-state index contributed by atoms with van der Waals surface area (Å²) in [4.78, 5) is 19.0. The third-order valence-electron chi connectivity index (χ3n) is 4.27. The second kappa shape index (κ2) is 7.27. The SMILES string of the molecule is Cc1ccc(NC(=O)c2cncc(N3CCCCCC3)c2)cc1. The predicted molar refractivity (Wildman–Crippen MR) is 94.1 cm³/mol. The van der Waals surface area contributed by atoms with Gasteiger partial charge in [-0.2, -0.15) is 0 Å². The molecule has 1 aromatic heterocycles. The molecule has 1 N–H and O–H groups in total. The van der Waals surface area contributed by atoms with Crippen molar-refractivity contribution in [3.8, 4) is 0 Å². The summed E-state index contributed by atoms with van der Waals surface area (Å²) in [5.74, 6) is -0.113. The number of nitrogens with zero attached hydrogens (tertiary/aromatic N) is 2. The highest BCUT2D eigenvalue weighted by Crippen LogP contribution is 2.20. The van der Waals surface area contributed by atoms with Crippen LogP contribution < -0.4 is 10.2 Å². The fourth-order valence-corrected chi connectivity index (χ4v) is 2.89. The third-order valence-corrected chi connectivity index (χ3v) is 4.27. The summed E-state index contributed by atoms with van der Waals surface area (Å²) in [7, 11) is 0. The van der Waals surface area contributed by atoms with E-state index in [1.807, 2.05) is 43.5 Å². The highest BCUT2D eigenvalue weighted by atomic mass is 16.1. The molecule has 1 fully saturated rings. The van der Waals surface area contributed by atoms with E-state index in [0.29, 0.717) is 5.56 Å². The number of aryl methyl sites for hydroxylation is 1. The van der Waals surface area contributed by atoms with Gasteiger partial charge in [0.1, 0.15) is 0 Å². The van der Waals surface area contributed by atoms with Crippen LogP contribution in [0.1, 0.15) is 41.6 Å². The van der Waals surface area contributed by atoms with E-state index in [9.17, 15) is 4.79 Å². The maximum atomic E-state index is 12.4. The summed E-state index contributed by atoms with van der Waals surface area (Å²) in [5, 5.41) is 2.93. The molecule has 4 nitrogen and oxygen atoms in total. The van der Waals surface area contributed by atoms with Gasteiger partial charge in [-0.3, -0.25) is 9.78 Å². The summed E-state index contributed by atoms with van der Waals surface area (Å²) in [6.07, 6.45) is 8.48. The lowest BCUT2D eigenvalue weighted by Crippen LogP contribution is -2.24. The monoisotopic (exact) mass is 309 g/mol. The lowest BCUT2D eigenvalue weighted by molar-refractivity contribution is 0.102. The van der Waals surface area contributed by atoms with E-state index in [1.54, 1.807) is 6.20 Å². The van der Waals surface area contributed by atoms with Gasteiger partial charge < -0.3 is 10.2 Å². The van der Waals surface area contributed by atoms with Crippen molar-refractivity contribution < 1.29 is 4.79 Å². The Hall–Kier alpha value is -2.36. The van der Waals surface area contributed by atoms with Crippen molar-refractivity contribution in [2.24, 2.45) is 0 Å². The van der Waals surface area contributed by atoms with Crippen molar-refractivity contribution >= 4 is 17.3 Å². The maximum absolute atomic E-state index is 12.4. The number of pyridine rings is 1. The van der Waals surface area contributed by atoms with Crippen LogP contribution in [-0.2, 0) is 0 Å². The van der Waals surface area contributed by atoms with E-state index in [-0.39, 0.29) is 5.91 Å². The molecule has 4 heteroatoms. The average Bonchev–Trinajstić information content (AvgIpc) is 2.86. The third kappa shape index (κ3) is 4.09. The van der Waals surface area contributed by atoms with E-state index in [0.717, 1.165) is 24.5 Å². The number of carbonyl (C=O) groups is 1. The second-order valence-electron chi connectivity index (χ2n) is 6.15. The molecule has 1 aromatic carbocycles. The van der Waals surface area contributed by atoms with E-state index in [4.69, 9.17) is 0 Å². The number of anilines is 2. The first kappa shape index (κ1) is 15.5. The van der Waals surface area contributed by atoms with E-state index < -0.39 is 0 Å². The number of hydrogen-bond donors (Lipinski definition) is 1. The predicted octanol–water partition coefficient (Wildman–Crippen LogP) is 4.02. The summed E-state index contributed by atoms with van der Waals surface area (Å²) < 4.78 is 0. The molecule has 0 saturated carbocycles. The van der Waals surface area contributed by atoms with E-state index in [1.165, 1.54) is 31.2 Å². The Bertz CT molecular complexity index is 659. The molecule has 3 rings (SSSR count). The van der Waals surface area contributed by atoms with Crippen molar-refractivity contribution in [1.29, 1.82) is 0 Å². The van der Waals surface area contributed by atoms with Crippen LogP contribution in [0.5, 0.6) is 0 Å². The zero-order chi connectivity index (χ0) is 16.1. The van der Waals surface area contributed by atoms with Crippen molar-refractivity contribution in [2.45, 2.75) is 32.6 Å². The van der Waals surface area contributed by atoms with Gasteiger partial charge in [0, 0.05) is 25.0 Å². The Balaban J connectivity index is 1.73. The van der Waals surface area contributed by atoms with Gasteiger partial charge in [-0.25, -0.2) is 0 Å². The molecule has 0 unspecified atom stereocenters. The van der Waals surface area contributed by atoms with Gasteiger partial charge >= 0.3 is 0 Å². The van der Waals surface area contributed by atoms with Crippen LogP contribution in [0.2, 0.25) is 0 Å². The standard InChI is InChI=1S/C19H23N3O/c1-15-6-8-17(9-7-15)21-19(23)16-12-18(14-20-13-16)22-10-4-2-3-5-11-22/h6-9,12-14H,2-5,10-11H2,1H3,(H,21,23). The van der Waals surface area contributed by atoms with Crippen molar-refractivity contribution in [1.82, 2.24) is 4.98 Å². The van der Waals surface area contributed by atoms with E-state index in [2.05, 4.69) is 15.2 Å². The minimum absolute atomic E-state index is 0.113. The number of aromatic nitrogens is 1. The average molecular weight is 309 g/mol. The smallest absolute Gasteiger partial charge is 0.257 e. The highest BCUT2D eigenvalue weighted by molar-refractivity contribution is 6.04. The second-order valence-corrected chi connectivity index (χ2v) is 6.15. The number of rotatable bonds is 3. The molecule has 23 heavy (non-hydrogen) atoms. The van der Waals surface area contributed by atoms with Gasteiger partial charge in [-0.15, -0.1) is 0 Å². The maximum Gasteiger partial charge on any atom is 0.257 e. The van der Waals surface area contributed by atoms with Crippen LogP contribution in [0.15, 0.2) is 42.7 Å². The number of nitrogens with one attached hydrogen (secondary N) is 1. The van der Waals surface area contributed by atoms with Crippen molar-refractivity contribution in [3.05, 3.63) is 53.9 Å². The van der Waals surface area contributed by atoms with Gasteiger partial charge in [-0.05, 0) is 38.0 Å². The fraction of sp³-hybridized carbons (Fsp3) is 0.368. The quantitative estimate of drug-likeness (QED) is 0.931. The van der Waals surface area contributed by atoms with Crippen LogP contribution in [0.3, 0.4) is 0 Å². The Morgan fingerprint density at radius 1 is 1.04 bits per heavy atom. The zero-order valence-electron chi connectivity index (χ0n) is 13.6. The Kier molecular flexibility index (Phi) is 4.91. The van der Waals surface area contributed by atoms with Crippen molar-refractivity contribution in [3.63, 3.8) is 0 Å². The van der Waals surface area contributed by atoms with Crippen LogP contribution in [-0.4, -0.2) is 24.0 Å². The minimum atomic E-state index is -0.113. The van der Waals surface area contributed by atoms with Gasteiger partial charge in [0.15, 0.2) is 0 Å². The molecule has 0 bridgehead atoms. The molecule has 0 aliphatic carbocycles. The van der Waals surface area contributed by atoms with E-state index >= 15 is 0 Å². The first-order valence-electron chi connectivity index (χ1n) is 8.30. The van der Waals surface area contributed by atoms with Crippen LogP contribution in [0, 0.1) is 6.92 Å². The Labute approximate surface area is 137 Å². The normalized spacial score (nSPS) is 15.1. The number of benzene rings is 1. The lowest BCUT2D eigenvalue weighted by atomic mass is 10.2. The van der Waals surface area contributed by atoms with Crippen LogP contribution >= 0.6 is 0 Å². The minimum Gasteiger partial charge on any atom is -0.370 e. The molecule has 1 aliphatic rings. The topological polar surface area (TPSA) is 45.2 Å². The molecule has 2 aromatic rings. The Morgan fingerprint density at radius 2 is 1.74 bits per heavy atom. The molecule has 2 heterocycles. The molecule has 0 radical (unpaired) electrons. The molecule has 1 aliphatic heterocycles. The zero-order valence-corrected chi connectivity index (χ0v) is 13.6. The lowest BCUT2D eigenvalue weighted by Gasteiger charge is -2.22. The largest absolute Gasteiger partial charge is 0.370 e. The first-order chi connectivity index (χ1) is 11.2. The van der Waals surface area contributed by atoms with Crippen LogP contribution in [0.4, 0.5) is 11.4 Å². The van der Waals surface area contributed by atoms with Gasteiger partial charge in [0.2, 0.25) is 0 Å². The molecule has 120 valence electrons. The number of hydrogen-bond acceptors (Lipinski definition) is 3. The molecule has 0 spiro atoms. The molecule has 1 amide bonds. The van der Waals surface area contributed by atoms with Gasteiger partial charge in [0.05, 0.1) is 17.4 Å². The molecule has 0 atom stereocenters. The number of carbonyl (C=O) groups excluding carboxylic acids is 1. The molecular formula is C19H23N3O. The van der Waals surface area contributed by atoms with Gasteiger partial charge in [-0.1, -0.05) is 30.5 Å². The Morgan fingerprint density at radius 3 is 2.43 bits per heavy atom. The van der Waals surface area contributed by atoms with Crippen LogP contribution in [0.25, 0.3) is 0 Å². The highest BCUT2D eigenvalue weighted by Gasteiger charge is 2.13. The summed E-state index contributed by atoms with van der Waals surface area (Å²) >= 11 is 0. The summed E-state index contributed by atoms with van der Waals surface area (Å²) in [6.45, 7) is 4.12.